The maximum atomic E-state index is 5.46. The van der Waals surface area contributed by atoms with E-state index >= 15 is 0 Å². The number of thiazole rings is 1. The Morgan fingerprint density at radius 3 is 2.50 bits per heavy atom. The highest BCUT2D eigenvalue weighted by atomic mass is 32.1. The second-order valence-electron chi connectivity index (χ2n) is 4.85. The molecule has 1 aromatic carbocycles. The van der Waals surface area contributed by atoms with Crippen molar-refractivity contribution in [3.8, 4) is 5.75 Å². The van der Waals surface area contributed by atoms with Crippen molar-refractivity contribution in [1.29, 1.82) is 0 Å². The number of benzene rings is 1. The summed E-state index contributed by atoms with van der Waals surface area (Å²) in [4.78, 5) is 5.78. The van der Waals surface area contributed by atoms with E-state index in [1.807, 2.05) is 19.1 Å². The van der Waals surface area contributed by atoms with E-state index in [1.165, 1.54) is 10.4 Å². The molecule has 1 unspecified atom stereocenters. The number of nitrogens with zero attached hydrogens (tertiary/aromatic N) is 1. The van der Waals surface area contributed by atoms with Gasteiger partial charge in [0.2, 0.25) is 0 Å². The van der Waals surface area contributed by atoms with Crippen molar-refractivity contribution >= 4 is 11.3 Å². The van der Waals surface area contributed by atoms with Crippen molar-refractivity contribution in [1.82, 2.24) is 10.3 Å². The third kappa shape index (κ3) is 3.81. The van der Waals surface area contributed by atoms with Crippen molar-refractivity contribution in [3.05, 3.63) is 45.4 Å². The van der Waals surface area contributed by atoms with E-state index in [2.05, 4.69) is 43.2 Å². The van der Waals surface area contributed by atoms with Gasteiger partial charge in [-0.15, -0.1) is 11.3 Å². The van der Waals surface area contributed by atoms with Crippen LogP contribution in [0.3, 0.4) is 0 Å². The quantitative estimate of drug-likeness (QED) is 0.873. The zero-order valence-electron chi connectivity index (χ0n) is 12.6. The molecule has 1 heterocycles. The lowest BCUT2D eigenvalue weighted by Crippen LogP contribution is -2.17. The van der Waals surface area contributed by atoms with E-state index < -0.39 is 0 Å². The third-order valence-electron chi connectivity index (χ3n) is 3.26. The molecule has 3 nitrogen and oxygen atoms in total. The molecule has 1 N–H and O–H groups in total. The Balaban J connectivity index is 1.94. The van der Waals surface area contributed by atoms with Gasteiger partial charge in [0.05, 0.1) is 17.3 Å². The Morgan fingerprint density at radius 2 is 1.95 bits per heavy atom. The Kier molecular flexibility index (Phi) is 5.15. The van der Waals surface area contributed by atoms with Crippen molar-refractivity contribution < 1.29 is 4.74 Å². The van der Waals surface area contributed by atoms with Crippen molar-refractivity contribution in [2.75, 3.05) is 6.61 Å². The zero-order chi connectivity index (χ0) is 14.5. The molecule has 1 aromatic heterocycles. The number of aromatic nitrogens is 1. The van der Waals surface area contributed by atoms with E-state index in [0.717, 1.165) is 23.0 Å². The highest BCUT2D eigenvalue weighted by Crippen LogP contribution is 2.20. The lowest BCUT2D eigenvalue weighted by Gasteiger charge is -2.14. The second kappa shape index (κ2) is 6.86. The first kappa shape index (κ1) is 15.0. The minimum atomic E-state index is 0.312. The summed E-state index contributed by atoms with van der Waals surface area (Å²) in [5.41, 5.74) is 2.41. The average molecular weight is 290 g/mol. The van der Waals surface area contributed by atoms with Gasteiger partial charge in [-0.05, 0) is 45.4 Å². The highest BCUT2D eigenvalue weighted by Gasteiger charge is 2.08. The van der Waals surface area contributed by atoms with Crippen LogP contribution in [0.2, 0.25) is 0 Å². The van der Waals surface area contributed by atoms with Gasteiger partial charge in [-0.1, -0.05) is 12.1 Å². The molecule has 0 bridgehead atoms. The zero-order valence-corrected chi connectivity index (χ0v) is 13.4. The van der Waals surface area contributed by atoms with Crippen molar-refractivity contribution in [3.63, 3.8) is 0 Å². The molecule has 2 rings (SSSR count). The van der Waals surface area contributed by atoms with Gasteiger partial charge in [0.15, 0.2) is 0 Å². The number of ether oxygens (including phenoxy) is 1. The summed E-state index contributed by atoms with van der Waals surface area (Å²) in [6.07, 6.45) is 0. The fourth-order valence-corrected chi connectivity index (χ4v) is 3.01. The minimum absolute atomic E-state index is 0.312. The van der Waals surface area contributed by atoms with Crippen LogP contribution in [0, 0.1) is 13.8 Å². The second-order valence-corrected chi connectivity index (χ2v) is 6.13. The molecular weight excluding hydrogens is 268 g/mol. The van der Waals surface area contributed by atoms with Gasteiger partial charge >= 0.3 is 0 Å². The fraction of sp³-hybridized carbons (Fsp3) is 0.438. The Bertz CT molecular complexity index is 548. The first-order chi connectivity index (χ1) is 9.60. The fourth-order valence-electron chi connectivity index (χ4n) is 2.12. The van der Waals surface area contributed by atoms with Crippen LogP contribution in [0.1, 0.15) is 41.0 Å². The summed E-state index contributed by atoms with van der Waals surface area (Å²) in [5, 5.41) is 4.68. The van der Waals surface area contributed by atoms with E-state index in [4.69, 9.17) is 4.74 Å². The van der Waals surface area contributed by atoms with Crippen molar-refractivity contribution in [2.45, 2.75) is 40.3 Å². The molecule has 2 aromatic rings. The molecule has 0 fully saturated rings. The number of hydrogen-bond acceptors (Lipinski definition) is 4. The summed E-state index contributed by atoms with van der Waals surface area (Å²) >= 11 is 1.77. The molecule has 0 radical (unpaired) electrons. The minimum Gasteiger partial charge on any atom is -0.494 e. The van der Waals surface area contributed by atoms with Crippen LogP contribution in [-0.4, -0.2) is 11.6 Å². The number of nitrogens with one attached hydrogen (secondary N) is 1. The van der Waals surface area contributed by atoms with E-state index in [1.54, 1.807) is 11.3 Å². The van der Waals surface area contributed by atoms with E-state index in [0.29, 0.717) is 12.6 Å². The maximum absolute atomic E-state index is 5.46. The topological polar surface area (TPSA) is 34.1 Å². The molecule has 0 saturated heterocycles. The summed E-state index contributed by atoms with van der Waals surface area (Å²) < 4.78 is 5.46. The number of hydrogen-bond donors (Lipinski definition) is 1. The van der Waals surface area contributed by atoms with Crippen LogP contribution < -0.4 is 10.1 Å². The highest BCUT2D eigenvalue weighted by molar-refractivity contribution is 7.11. The molecule has 4 heteroatoms. The smallest absolute Gasteiger partial charge is 0.119 e. The van der Waals surface area contributed by atoms with E-state index in [-0.39, 0.29) is 0 Å². The van der Waals surface area contributed by atoms with Gasteiger partial charge in [-0.2, -0.15) is 0 Å². The van der Waals surface area contributed by atoms with Gasteiger partial charge in [-0.3, -0.25) is 0 Å². The van der Waals surface area contributed by atoms with Crippen LogP contribution >= 0.6 is 11.3 Å². The average Bonchev–Trinajstić information content (AvgIpc) is 2.75. The molecule has 0 amide bonds. The Labute approximate surface area is 125 Å². The standard InChI is InChI=1S/C16H22N2OS/c1-5-19-15-8-6-14(7-9-15)11(2)17-10-16-12(3)18-13(4)20-16/h6-9,11,17H,5,10H2,1-4H3. The largest absolute Gasteiger partial charge is 0.494 e. The van der Waals surface area contributed by atoms with Gasteiger partial charge in [0.25, 0.3) is 0 Å². The SMILES string of the molecule is CCOc1ccc(C(C)NCc2sc(C)nc2C)cc1. The maximum Gasteiger partial charge on any atom is 0.119 e. The summed E-state index contributed by atoms with van der Waals surface area (Å²) in [7, 11) is 0. The van der Waals surface area contributed by atoms with E-state index in [9.17, 15) is 0 Å². The van der Waals surface area contributed by atoms with Crippen LogP contribution in [-0.2, 0) is 6.54 Å². The van der Waals surface area contributed by atoms with Crippen LogP contribution in [0.15, 0.2) is 24.3 Å². The summed E-state index contributed by atoms with van der Waals surface area (Å²) in [5.74, 6) is 0.928. The normalized spacial score (nSPS) is 12.4. The molecule has 0 aliphatic heterocycles. The molecule has 108 valence electrons. The van der Waals surface area contributed by atoms with Crippen LogP contribution in [0.25, 0.3) is 0 Å². The van der Waals surface area contributed by atoms with Crippen molar-refractivity contribution in [2.24, 2.45) is 0 Å². The molecule has 20 heavy (non-hydrogen) atoms. The van der Waals surface area contributed by atoms with Gasteiger partial charge in [0, 0.05) is 17.5 Å². The number of rotatable bonds is 6. The van der Waals surface area contributed by atoms with Gasteiger partial charge in [-0.25, -0.2) is 4.98 Å². The predicted molar refractivity (Wildman–Crippen MR) is 84.5 cm³/mol. The molecule has 1 atom stereocenters. The predicted octanol–water partition coefficient (Wildman–Crippen LogP) is 4.01. The molecular formula is C16H22N2OS. The Hall–Kier alpha value is -1.39. The molecule has 0 saturated carbocycles. The van der Waals surface area contributed by atoms with Crippen LogP contribution in [0.4, 0.5) is 0 Å². The molecule has 0 spiro atoms. The third-order valence-corrected chi connectivity index (χ3v) is 4.33. The molecule has 0 aliphatic rings. The first-order valence-corrected chi connectivity index (χ1v) is 7.81. The first-order valence-electron chi connectivity index (χ1n) is 6.99. The molecule has 0 aliphatic carbocycles. The summed E-state index contributed by atoms with van der Waals surface area (Å²) in [6.45, 7) is 9.87. The monoisotopic (exact) mass is 290 g/mol. The van der Waals surface area contributed by atoms with Gasteiger partial charge in [0.1, 0.15) is 5.75 Å². The number of aryl methyl sites for hydroxylation is 2. The van der Waals surface area contributed by atoms with Gasteiger partial charge < -0.3 is 10.1 Å². The van der Waals surface area contributed by atoms with Crippen LogP contribution in [0.5, 0.6) is 5.75 Å². The lowest BCUT2D eigenvalue weighted by molar-refractivity contribution is 0.340. The summed E-state index contributed by atoms with van der Waals surface area (Å²) in [6, 6.07) is 8.60. The lowest BCUT2D eigenvalue weighted by atomic mass is 10.1. The Morgan fingerprint density at radius 1 is 1.25 bits per heavy atom.